The first-order chi connectivity index (χ1) is 12.7. The van der Waals surface area contributed by atoms with Crippen molar-refractivity contribution in [2.45, 2.75) is 63.1 Å². The Labute approximate surface area is 156 Å². The van der Waals surface area contributed by atoms with Crippen molar-refractivity contribution in [1.82, 2.24) is 10.6 Å². The highest BCUT2D eigenvalue weighted by Crippen LogP contribution is 2.35. The molecule has 0 radical (unpaired) electrons. The van der Waals surface area contributed by atoms with Crippen LogP contribution < -0.4 is 10.6 Å². The molecule has 3 rings (SSSR count). The van der Waals surface area contributed by atoms with E-state index in [0.29, 0.717) is 11.5 Å². The maximum Gasteiger partial charge on any atom is 0.237 e. The highest BCUT2D eigenvalue weighted by molar-refractivity contribution is 5.82. The zero-order valence-corrected chi connectivity index (χ0v) is 15.4. The van der Waals surface area contributed by atoms with Crippen LogP contribution >= 0.6 is 0 Å². The standard InChI is InChI=1S/C21H32N2O3/c24-14-19(20(25)16-9-5-2-6-10-16)23-21(26)18-13-17(11-12-22-18)15-7-3-1-4-8-15/h2,5-6,9-10,15,17-20,22,24-25H,1,3-4,7-8,11-14H2,(H,23,26)/t17-,18+,19+,20+/m0/s1. The Bertz CT molecular complexity index is 560. The van der Waals surface area contributed by atoms with Crippen molar-refractivity contribution >= 4 is 5.91 Å². The van der Waals surface area contributed by atoms with Gasteiger partial charge in [-0.3, -0.25) is 4.79 Å². The minimum atomic E-state index is -0.914. The normalized spacial score (nSPS) is 26.8. The summed E-state index contributed by atoms with van der Waals surface area (Å²) in [6, 6.07) is 8.24. The summed E-state index contributed by atoms with van der Waals surface area (Å²) in [6.45, 7) is 0.574. The molecule has 1 aromatic carbocycles. The summed E-state index contributed by atoms with van der Waals surface area (Å²) in [7, 11) is 0. The van der Waals surface area contributed by atoms with E-state index in [2.05, 4.69) is 10.6 Å². The number of rotatable bonds is 6. The quantitative estimate of drug-likeness (QED) is 0.627. The predicted octanol–water partition coefficient (Wildman–Crippen LogP) is 2.15. The number of hydrogen-bond donors (Lipinski definition) is 4. The van der Waals surface area contributed by atoms with Crippen LogP contribution in [0.5, 0.6) is 0 Å². The van der Waals surface area contributed by atoms with E-state index in [1.807, 2.05) is 18.2 Å². The molecule has 1 aliphatic carbocycles. The number of aliphatic hydroxyl groups excluding tert-OH is 2. The monoisotopic (exact) mass is 360 g/mol. The molecule has 5 heteroatoms. The first-order valence-corrected chi connectivity index (χ1v) is 10.1. The second-order valence-electron chi connectivity index (χ2n) is 7.84. The molecule has 0 unspecified atom stereocenters. The van der Waals surface area contributed by atoms with Crippen molar-refractivity contribution in [3.8, 4) is 0 Å². The molecule has 0 spiro atoms. The molecule has 1 saturated carbocycles. The van der Waals surface area contributed by atoms with Gasteiger partial charge in [-0.1, -0.05) is 62.4 Å². The molecule has 1 aliphatic heterocycles. The van der Waals surface area contributed by atoms with Crippen LogP contribution in [0.1, 0.15) is 56.6 Å². The van der Waals surface area contributed by atoms with Crippen LogP contribution in [-0.4, -0.2) is 41.4 Å². The summed E-state index contributed by atoms with van der Waals surface area (Å²) in [5, 5.41) is 26.3. The SMILES string of the molecule is O=C(N[C@H](CO)[C@H](O)c1ccccc1)[C@H]1C[C@@H](C2CCCCC2)CCN1. The lowest BCUT2D eigenvalue weighted by Crippen LogP contribution is -2.53. The molecule has 2 fully saturated rings. The van der Waals surface area contributed by atoms with E-state index < -0.39 is 12.1 Å². The second kappa shape index (κ2) is 9.49. The van der Waals surface area contributed by atoms with Crippen LogP contribution in [0.2, 0.25) is 0 Å². The molecular weight excluding hydrogens is 328 g/mol. The van der Waals surface area contributed by atoms with E-state index in [0.717, 1.165) is 25.3 Å². The Balaban J connectivity index is 1.57. The number of benzene rings is 1. The maximum absolute atomic E-state index is 12.7. The van der Waals surface area contributed by atoms with Crippen LogP contribution in [0.25, 0.3) is 0 Å². The molecule has 1 heterocycles. The molecule has 1 aromatic rings. The van der Waals surface area contributed by atoms with Crippen molar-refractivity contribution < 1.29 is 15.0 Å². The Morgan fingerprint density at radius 3 is 2.54 bits per heavy atom. The van der Waals surface area contributed by atoms with Crippen molar-refractivity contribution in [1.29, 1.82) is 0 Å². The summed E-state index contributed by atoms with van der Waals surface area (Å²) in [5.74, 6) is 1.25. The fourth-order valence-corrected chi connectivity index (χ4v) is 4.57. The van der Waals surface area contributed by atoms with Gasteiger partial charge in [-0.25, -0.2) is 0 Å². The molecule has 5 nitrogen and oxygen atoms in total. The van der Waals surface area contributed by atoms with Crippen LogP contribution in [0.3, 0.4) is 0 Å². The first-order valence-electron chi connectivity index (χ1n) is 10.1. The average Bonchev–Trinajstić information content (AvgIpc) is 2.72. The van der Waals surface area contributed by atoms with Gasteiger partial charge in [0.15, 0.2) is 0 Å². The van der Waals surface area contributed by atoms with Gasteiger partial charge in [0, 0.05) is 0 Å². The largest absolute Gasteiger partial charge is 0.394 e. The number of amides is 1. The highest BCUT2D eigenvalue weighted by atomic mass is 16.3. The van der Waals surface area contributed by atoms with E-state index in [9.17, 15) is 15.0 Å². The Morgan fingerprint density at radius 1 is 1.12 bits per heavy atom. The highest BCUT2D eigenvalue weighted by Gasteiger charge is 2.33. The maximum atomic E-state index is 12.7. The summed E-state index contributed by atoms with van der Waals surface area (Å²) in [5.41, 5.74) is 0.698. The fraction of sp³-hybridized carbons (Fsp3) is 0.667. The third kappa shape index (κ3) is 4.84. The van der Waals surface area contributed by atoms with Crippen LogP contribution in [-0.2, 0) is 4.79 Å². The van der Waals surface area contributed by atoms with E-state index in [-0.39, 0.29) is 18.6 Å². The number of nitrogens with one attached hydrogen (secondary N) is 2. The number of hydrogen-bond acceptors (Lipinski definition) is 4. The van der Waals surface area contributed by atoms with Gasteiger partial charge in [0.1, 0.15) is 6.10 Å². The molecule has 0 aromatic heterocycles. The van der Waals surface area contributed by atoms with Crippen molar-refractivity contribution in [2.75, 3.05) is 13.2 Å². The summed E-state index contributed by atoms with van der Waals surface area (Å²) in [4.78, 5) is 12.7. The number of carbonyl (C=O) groups excluding carboxylic acids is 1. The van der Waals surface area contributed by atoms with Crippen LogP contribution in [0.4, 0.5) is 0 Å². The lowest BCUT2D eigenvalue weighted by molar-refractivity contribution is -0.126. The Hall–Kier alpha value is -1.43. The average molecular weight is 360 g/mol. The van der Waals surface area contributed by atoms with E-state index in [1.165, 1.54) is 32.1 Å². The zero-order chi connectivity index (χ0) is 18.4. The molecule has 4 N–H and O–H groups in total. The minimum absolute atomic E-state index is 0.112. The van der Waals surface area contributed by atoms with Crippen LogP contribution in [0, 0.1) is 11.8 Å². The van der Waals surface area contributed by atoms with E-state index in [4.69, 9.17) is 0 Å². The second-order valence-corrected chi connectivity index (χ2v) is 7.84. The lowest BCUT2D eigenvalue weighted by Gasteiger charge is -2.37. The molecule has 1 amide bonds. The molecule has 144 valence electrons. The lowest BCUT2D eigenvalue weighted by atomic mass is 9.74. The third-order valence-electron chi connectivity index (χ3n) is 6.12. The molecule has 26 heavy (non-hydrogen) atoms. The van der Waals surface area contributed by atoms with Gasteiger partial charge >= 0.3 is 0 Å². The number of piperidine rings is 1. The smallest absolute Gasteiger partial charge is 0.237 e. The van der Waals surface area contributed by atoms with Crippen molar-refractivity contribution in [3.05, 3.63) is 35.9 Å². The van der Waals surface area contributed by atoms with Gasteiger partial charge in [-0.15, -0.1) is 0 Å². The predicted molar refractivity (Wildman–Crippen MR) is 102 cm³/mol. The summed E-state index contributed by atoms with van der Waals surface area (Å²) < 4.78 is 0. The number of carbonyl (C=O) groups is 1. The van der Waals surface area contributed by atoms with Crippen LogP contribution in [0.15, 0.2) is 30.3 Å². The summed E-state index contributed by atoms with van der Waals surface area (Å²) in [6.07, 6.45) is 7.67. The van der Waals surface area contributed by atoms with Crippen molar-refractivity contribution in [3.63, 3.8) is 0 Å². The Kier molecular flexibility index (Phi) is 7.06. The Morgan fingerprint density at radius 2 is 1.85 bits per heavy atom. The van der Waals surface area contributed by atoms with Gasteiger partial charge in [-0.2, -0.15) is 0 Å². The molecular formula is C21H32N2O3. The summed E-state index contributed by atoms with van der Waals surface area (Å²) >= 11 is 0. The molecule has 0 bridgehead atoms. The van der Waals surface area contributed by atoms with Gasteiger partial charge in [0.2, 0.25) is 5.91 Å². The first kappa shape index (κ1) is 19.3. The van der Waals surface area contributed by atoms with Gasteiger partial charge < -0.3 is 20.8 Å². The minimum Gasteiger partial charge on any atom is -0.394 e. The topological polar surface area (TPSA) is 81.6 Å². The van der Waals surface area contributed by atoms with Gasteiger partial charge in [0.25, 0.3) is 0 Å². The van der Waals surface area contributed by atoms with Gasteiger partial charge in [0.05, 0.1) is 18.7 Å². The zero-order valence-electron chi connectivity index (χ0n) is 15.4. The van der Waals surface area contributed by atoms with Crippen molar-refractivity contribution in [2.24, 2.45) is 11.8 Å². The van der Waals surface area contributed by atoms with Gasteiger partial charge in [-0.05, 0) is 36.8 Å². The van der Waals surface area contributed by atoms with E-state index >= 15 is 0 Å². The fourth-order valence-electron chi connectivity index (χ4n) is 4.57. The number of aliphatic hydroxyl groups is 2. The van der Waals surface area contributed by atoms with E-state index in [1.54, 1.807) is 12.1 Å². The molecule has 1 saturated heterocycles. The third-order valence-corrected chi connectivity index (χ3v) is 6.12. The molecule has 4 atom stereocenters. The molecule has 2 aliphatic rings.